The third-order valence-corrected chi connectivity index (χ3v) is 14.5. The molecule has 0 aromatic heterocycles. The number of rotatable bonds is 14. The van der Waals surface area contributed by atoms with Crippen molar-refractivity contribution in [3.8, 4) is 0 Å². The van der Waals surface area contributed by atoms with Crippen LogP contribution in [0.3, 0.4) is 0 Å². The number of carbonyl (C=O) groups excluding carboxylic acids is 1. The lowest BCUT2D eigenvalue weighted by Crippen LogP contribution is -2.65. The topological polar surface area (TPSA) is 142 Å². The molecular weight excluding hydrogens is 749 g/mol. The monoisotopic (exact) mass is 819 g/mol. The van der Waals surface area contributed by atoms with Crippen molar-refractivity contribution in [3.05, 3.63) is 142 Å². The molecule has 4 aliphatic rings. The van der Waals surface area contributed by atoms with Crippen molar-refractivity contribution in [3.63, 3.8) is 0 Å². The molecule has 2 fully saturated rings. The number of fused-ring (bicyclic) bond motifs is 5. The smallest absolute Gasteiger partial charge is 0.145 e. The van der Waals surface area contributed by atoms with Gasteiger partial charge in [-0.3, -0.25) is 10.1 Å². The molecule has 60 heavy (non-hydrogen) atoms. The lowest BCUT2D eigenvalue weighted by Gasteiger charge is -2.61. The quantitative estimate of drug-likeness (QED) is 0.0474. The number of aryl methyl sites for hydroxylation is 1. The molecule has 1 spiro atoms. The van der Waals surface area contributed by atoms with Crippen LogP contribution < -0.4 is 10.6 Å². The number of hydrogen-bond donors (Lipinski definition) is 7. The van der Waals surface area contributed by atoms with Crippen LogP contribution in [0.25, 0.3) is 0 Å². The molecule has 1 heterocycles. The highest BCUT2D eigenvalue weighted by molar-refractivity contribution is 5.74. The zero-order valence-corrected chi connectivity index (χ0v) is 36.3. The van der Waals surface area contributed by atoms with E-state index in [1.54, 1.807) is 0 Å². The van der Waals surface area contributed by atoms with Gasteiger partial charge in [-0.05, 0) is 150 Å². The minimum absolute atomic E-state index is 0.0510. The molecule has 324 valence electrons. The number of aliphatic hydroxyl groups is 5. The molecule has 2 aromatic carbocycles. The van der Waals surface area contributed by atoms with E-state index >= 15 is 0 Å². The fraction of sp³-hybridized carbons (Fsp3) is 0.519. The van der Waals surface area contributed by atoms with E-state index < -0.39 is 35.4 Å². The van der Waals surface area contributed by atoms with Gasteiger partial charge >= 0.3 is 0 Å². The molecule has 3 aliphatic carbocycles. The van der Waals surface area contributed by atoms with Gasteiger partial charge in [0.15, 0.2) is 0 Å². The van der Waals surface area contributed by atoms with Gasteiger partial charge in [-0.1, -0.05) is 109 Å². The molecule has 0 amide bonds. The number of aliphatic hydroxyl groups excluding tert-OH is 4. The van der Waals surface area contributed by atoms with E-state index in [9.17, 15) is 30.3 Å². The molecule has 2 saturated carbocycles. The summed E-state index contributed by atoms with van der Waals surface area (Å²) in [6, 6.07) is 18.9. The van der Waals surface area contributed by atoms with Crippen LogP contribution in [0.4, 0.5) is 0 Å². The lowest BCUT2D eigenvalue weighted by molar-refractivity contribution is -0.194. The van der Waals surface area contributed by atoms with E-state index in [1.165, 1.54) is 11.1 Å². The highest BCUT2D eigenvalue weighted by Crippen LogP contribution is 2.67. The van der Waals surface area contributed by atoms with Gasteiger partial charge in [0, 0.05) is 29.9 Å². The van der Waals surface area contributed by atoms with E-state index in [0.717, 1.165) is 47.0 Å². The summed E-state index contributed by atoms with van der Waals surface area (Å²) in [5.41, 5.74) is 5.40. The Morgan fingerprint density at radius 2 is 1.83 bits per heavy atom. The summed E-state index contributed by atoms with van der Waals surface area (Å²) in [5.74, 6) is -1.08. The van der Waals surface area contributed by atoms with Crippen molar-refractivity contribution in [2.24, 2.45) is 35.0 Å². The summed E-state index contributed by atoms with van der Waals surface area (Å²) >= 11 is 0. The Bertz CT molecular complexity index is 1950. The number of aldehydes is 1. The fourth-order valence-electron chi connectivity index (χ4n) is 11.4. The van der Waals surface area contributed by atoms with Crippen molar-refractivity contribution in [1.82, 2.24) is 10.6 Å². The number of benzene rings is 2. The first kappa shape index (κ1) is 45.8. The Hall–Kier alpha value is -3.73. The Kier molecular flexibility index (Phi) is 15.6. The van der Waals surface area contributed by atoms with Crippen LogP contribution in [-0.4, -0.2) is 82.1 Å². The van der Waals surface area contributed by atoms with Crippen molar-refractivity contribution in [2.75, 3.05) is 20.2 Å². The maximum absolute atomic E-state index is 13.1. The van der Waals surface area contributed by atoms with Crippen molar-refractivity contribution in [1.29, 1.82) is 0 Å². The summed E-state index contributed by atoms with van der Waals surface area (Å²) in [6.07, 6.45) is 16.3. The fourth-order valence-corrected chi connectivity index (χ4v) is 11.4. The number of carbonyl (C=O) groups is 1. The van der Waals surface area contributed by atoms with Crippen molar-refractivity contribution in [2.45, 2.75) is 115 Å². The molecule has 11 atom stereocenters. The van der Waals surface area contributed by atoms with Crippen LogP contribution in [-0.2, 0) is 24.1 Å². The minimum atomic E-state index is -1.27. The van der Waals surface area contributed by atoms with Crippen LogP contribution in [0.2, 0.25) is 0 Å². The summed E-state index contributed by atoms with van der Waals surface area (Å²) in [4.78, 5) is 12.5. The minimum Gasteiger partial charge on any atom is -0.396 e. The first-order valence-corrected chi connectivity index (χ1v) is 22.3. The van der Waals surface area contributed by atoms with Gasteiger partial charge < -0.3 is 30.8 Å². The number of allylic oxidation sites excluding steroid dienone is 9. The average Bonchev–Trinajstić information content (AvgIpc) is 3.58. The van der Waals surface area contributed by atoms with Gasteiger partial charge in [0.2, 0.25) is 0 Å². The predicted octanol–water partition coefficient (Wildman–Crippen LogP) is 6.88. The Labute approximate surface area is 358 Å². The maximum Gasteiger partial charge on any atom is 0.145 e. The molecule has 6 rings (SSSR count). The van der Waals surface area contributed by atoms with Gasteiger partial charge in [-0.15, -0.1) is 0 Å². The first-order chi connectivity index (χ1) is 28.8. The van der Waals surface area contributed by atoms with Crippen molar-refractivity contribution >= 4 is 6.29 Å². The third kappa shape index (κ3) is 9.81. The zero-order chi connectivity index (χ0) is 43.0. The molecule has 4 bridgehead atoms. The second kappa shape index (κ2) is 20.4. The van der Waals surface area contributed by atoms with E-state index in [1.807, 2.05) is 57.3 Å². The molecule has 1 aliphatic heterocycles. The highest BCUT2D eigenvalue weighted by Gasteiger charge is 2.68. The lowest BCUT2D eigenvalue weighted by atomic mass is 9.45. The molecule has 11 unspecified atom stereocenters. The number of nitrogens with one attached hydrogen (secondary N) is 2. The zero-order valence-electron chi connectivity index (χ0n) is 36.3. The highest BCUT2D eigenvalue weighted by atomic mass is 16.3. The molecular formula is C52H70N2O6. The molecule has 2 aromatic rings. The molecule has 8 nitrogen and oxygen atoms in total. The van der Waals surface area contributed by atoms with Gasteiger partial charge in [0.25, 0.3) is 0 Å². The second-order valence-corrected chi connectivity index (χ2v) is 18.3. The summed E-state index contributed by atoms with van der Waals surface area (Å²) in [6.45, 7) is 10.9. The van der Waals surface area contributed by atoms with Crippen LogP contribution in [0.1, 0.15) is 82.4 Å². The van der Waals surface area contributed by atoms with Crippen molar-refractivity contribution < 1.29 is 30.3 Å². The van der Waals surface area contributed by atoms with Gasteiger partial charge in [0.1, 0.15) is 12.5 Å². The van der Waals surface area contributed by atoms with Crippen LogP contribution >= 0.6 is 0 Å². The average molecular weight is 819 g/mol. The number of hydrogen-bond acceptors (Lipinski definition) is 8. The largest absolute Gasteiger partial charge is 0.396 e. The van der Waals surface area contributed by atoms with Gasteiger partial charge in [0.05, 0.1) is 17.8 Å². The Morgan fingerprint density at radius 3 is 2.55 bits per heavy atom. The summed E-state index contributed by atoms with van der Waals surface area (Å²) < 4.78 is 0. The maximum atomic E-state index is 13.1. The normalized spacial score (nSPS) is 33.5. The summed E-state index contributed by atoms with van der Waals surface area (Å²) in [5, 5.41) is 66.1. The van der Waals surface area contributed by atoms with Gasteiger partial charge in [-0.25, -0.2) is 0 Å². The second-order valence-electron chi connectivity index (χ2n) is 18.3. The Balaban J connectivity index is 1.38. The SMILES string of the molecule is C=C(C=CC=C(C(O)CCc1ccccc1)C1CCC2(C1O)C1C(=C(C)C=O)C(C=CC1CCO)CC2(O)CCNC)C1CC=C(C)C(O)NC(C)Cc2cccc(c2)C1. The van der Waals surface area contributed by atoms with E-state index in [4.69, 9.17) is 0 Å². The van der Waals surface area contributed by atoms with E-state index in [-0.39, 0.29) is 36.3 Å². The van der Waals surface area contributed by atoms with Crippen LogP contribution in [0.5, 0.6) is 0 Å². The van der Waals surface area contributed by atoms with E-state index in [0.29, 0.717) is 63.5 Å². The third-order valence-electron chi connectivity index (χ3n) is 14.5. The first-order valence-electron chi connectivity index (χ1n) is 22.3. The standard InChI is InChI=1S/C52H70N2O6/c1-34(42-19-17-35(2)50(59)54-37(4)29-39-14-10-15-40(30-39)31-42)11-9-16-44(46(57)22-18-38-12-7-6-8-13-38)45-23-25-52(49(45)58)48-41(24-28-55)20-21-43(47(48)36(3)33-56)32-51(52,60)26-27-53-5/h6-17,20-21,30,33,37,41-43,45-46,48-50,53-55,57-60H,1,18-19,22-29,31-32H2,2-5H3. The molecule has 7 N–H and O–H groups in total. The molecule has 0 saturated heterocycles. The summed E-state index contributed by atoms with van der Waals surface area (Å²) in [7, 11) is 1.87. The molecule has 8 heteroatoms. The van der Waals surface area contributed by atoms with Crippen LogP contribution in [0, 0.1) is 35.0 Å². The van der Waals surface area contributed by atoms with Gasteiger partial charge in [-0.2, -0.15) is 0 Å². The predicted molar refractivity (Wildman–Crippen MR) is 241 cm³/mol. The van der Waals surface area contributed by atoms with E-state index in [2.05, 4.69) is 78.8 Å². The van der Waals surface area contributed by atoms with Crippen LogP contribution in [0.15, 0.2) is 125 Å². The Morgan fingerprint density at radius 1 is 1.08 bits per heavy atom. The molecule has 0 radical (unpaired) electrons.